The predicted octanol–water partition coefficient (Wildman–Crippen LogP) is 0.883. The molecule has 164 valence electrons. The van der Waals surface area contributed by atoms with E-state index in [1.165, 1.54) is 42.9 Å². The normalized spacial score (nSPS) is 15.3. The minimum atomic E-state index is -0.789. The molecule has 0 amide bonds. The molecule has 4 rings (SSSR count). The van der Waals surface area contributed by atoms with Crippen molar-refractivity contribution in [3.05, 3.63) is 118 Å². The summed E-state index contributed by atoms with van der Waals surface area (Å²) < 4.78 is 8.09. The summed E-state index contributed by atoms with van der Waals surface area (Å²) in [5.41, 5.74) is 9.64. The minimum Gasteiger partial charge on any atom is -1.00 e. The first kappa shape index (κ1) is 26.6. The zero-order valence-electron chi connectivity index (χ0n) is 18.9. The molecule has 0 saturated carbocycles. The fourth-order valence-electron chi connectivity index (χ4n) is 4.31. The summed E-state index contributed by atoms with van der Waals surface area (Å²) in [7, 11) is 0. The molecule has 1 atom stereocenters. The van der Waals surface area contributed by atoms with Crippen LogP contribution < -0.4 is 28.7 Å². The molecule has 0 bridgehead atoms. The number of hydrogen-bond donors (Lipinski definition) is 0. The molecular formula is C28H28Cl2OTi. The number of allylic oxidation sites excluding steroid dienone is 4. The average Bonchev–Trinajstić information content (AvgIpc) is 2.98. The Morgan fingerprint density at radius 1 is 0.688 bits per heavy atom. The van der Waals surface area contributed by atoms with Crippen molar-refractivity contribution in [3.63, 3.8) is 0 Å². The molecule has 0 aromatic heterocycles. The van der Waals surface area contributed by atoms with Crippen molar-refractivity contribution in [1.29, 1.82) is 0 Å². The van der Waals surface area contributed by atoms with Gasteiger partial charge in [-0.3, -0.25) is 0 Å². The van der Waals surface area contributed by atoms with Crippen LogP contribution in [-0.4, -0.2) is 0 Å². The SMILES string of the molecule is CC1=C(C)C(C)C(c2cccc[c]2[Ti+2][O]C(c2ccccc2)c2ccccc2)=C1C.[Cl-].[Cl-]. The Balaban J connectivity index is 0.00000181. The zero-order valence-corrected chi connectivity index (χ0v) is 22.0. The first-order valence-electron chi connectivity index (χ1n) is 10.6. The standard InChI is InChI=1S/C15H17.C13H11O.2ClH.Ti/c1-10-11(2)13(4)15(12(10)3)14-8-6-5-7-9-14;14-13(11-7-3-1-4-8-11)12-9-5-2-6-10-12;;;/h5-8,12H,1-4H3;1-10,13H;2*1H;/q;-1;;;+3/p-2. The molecule has 1 aliphatic carbocycles. The van der Waals surface area contributed by atoms with Crippen LogP contribution in [-0.2, 0) is 22.9 Å². The summed E-state index contributed by atoms with van der Waals surface area (Å²) in [6.07, 6.45) is -0.0295. The van der Waals surface area contributed by atoms with Crippen LogP contribution in [0.15, 0.2) is 102 Å². The van der Waals surface area contributed by atoms with Gasteiger partial charge in [-0.15, -0.1) is 0 Å². The van der Waals surface area contributed by atoms with Gasteiger partial charge in [-0.05, 0) is 0 Å². The van der Waals surface area contributed by atoms with Gasteiger partial charge in [0.25, 0.3) is 0 Å². The van der Waals surface area contributed by atoms with Crippen molar-refractivity contribution in [2.24, 2.45) is 5.92 Å². The van der Waals surface area contributed by atoms with Gasteiger partial charge in [0.05, 0.1) is 0 Å². The molecule has 3 aromatic carbocycles. The maximum atomic E-state index is 6.71. The van der Waals surface area contributed by atoms with Crippen LogP contribution in [0, 0.1) is 5.92 Å². The summed E-state index contributed by atoms with van der Waals surface area (Å²) in [6.45, 7) is 9.13. The smallest absolute Gasteiger partial charge is 1.00 e. The Morgan fingerprint density at radius 2 is 1.19 bits per heavy atom. The predicted molar refractivity (Wildman–Crippen MR) is 122 cm³/mol. The average molecular weight is 499 g/mol. The van der Waals surface area contributed by atoms with Gasteiger partial charge in [0.1, 0.15) is 0 Å². The second-order valence-corrected chi connectivity index (χ2v) is 9.56. The third kappa shape index (κ3) is 5.47. The van der Waals surface area contributed by atoms with E-state index in [4.69, 9.17) is 3.32 Å². The van der Waals surface area contributed by atoms with Crippen LogP contribution in [0.4, 0.5) is 0 Å². The van der Waals surface area contributed by atoms with Crippen molar-refractivity contribution >= 4 is 9.44 Å². The van der Waals surface area contributed by atoms with Gasteiger partial charge in [0.15, 0.2) is 0 Å². The second kappa shape index (κ2) is 12.0. The van der Waals surface area contributed by atoms with Gasteiger partial charge in [0, 0.05) is 0 Å². The van der Waals surface area contributed by atoms with Gasteiger partial charge >= 0.3 is 190 Å². The Morgan fingerprint density at radius 3 is 1.69 bits per heavy atom. The quantitative estimate of drug-likeness (QED) is 0.458. The van der Waals surface area contributed by atoms with E-state index in [0.717, 1.165) is 0 Å². The van der Waals surface area contributed by atoms with E-state index >= 15 is 0 Å². The summed E-state index contributed by atoms with van der Waals surface area (Å²) in [4.78, 5) is 0. The van der Waals surface area contributed by atoms with Crippen molar-refractivity contribution in [1.82, 2.24) is 0 Å². The number of rotatable bonds is 6. The van der Waals surface area contributed by atoms with Crippen molar-refractivity contribution in [2.75, 3.05) is 0 Å². The molecular weight excluding hydrogens is 471 g/mol. The molecule has 0 N–H and O–H groups in total. The maximum absolute atomic E-state index is 6.71. The molecule has 1 aliphatic rings. The summed E-state index contributed by atoms with van der Waals surface area (Å²) in [6, 6.07) is 30.0. The molecule has 0 saturated heterocycles. The van der Waals surface area contributed by atoms with E-state index in [1.54, 1.807) is 0 Å². The Bertz CT molecular complexity index is 1050. The Labute approximate surface area is 214 Å². The zero-order chi connectivity index (χ0) is 21.1. The van der Waals surface area contributed by atoms with Gasteiger partial charge < -0.3 is 24.8 Å². The van der Waals surface area contributed by atoms with Crippen LogP contribution in [0.25, 0.3) is 5.57 Å². The van der Waals surface area contributed by atoms with E-state index < -0.39 is 19.5 Å². The van der Waals surface area contributed by atoms with Crippen LogP contribution in [0.1, 0.15) is 50.5 Å². The first-order valence-corrected chi connectivity index (χ1v) is 12.0. The largest absolute Gasteiger partial charge is 1.00 e. The molecule has 0 fully saturated rings. The van der Waals surface area contributed by atoms with Crippen molar-refractivity contribution in [2.45, 2.75) is 33.8 Å². The van der Waals surface area contributed by atoms with Crippen molar-refractivity contribution < 1.29 is 47.7 Å². The molecule has 3 aromatic rings. The Hall–Kier alpha value is -1.61. The molecule has 0 radical (unpaired) electrons. The van der Waals surface area contributed by atoms with Crippen LogP contribution in [0.2, 0.25) is 0 Å². The number of benzene rings is 3. The summed E-state index contributed by atoms with van der Waals surface area (Å²) >= 11 is -0.789. The van der Waals surface area contributed by atoms with Crippen molar-refractivity contribution in [3.8, 4) is 0 Å². The third-order valence-corrected chi connectivity index (χ3v) is 7.93. The molecule has 1 nitrogen and oxygen atoms in total. The molecule has 0 aliphatic heterocycles. The van der Waals surface area contributed by atoms with Crippen LogP contribution in [0.5, 0.6) is 0 Å². The van der Waals surface area contributed by atoms with E-state index in [1.807, 2.05) is 0 Å². The van der Waals surface area contributed by atoms with E-state index in [9.17, 15) is 0 Å². The van der Waals surface area contributed by atoms with Crippen LogP contribution >= 0.6 is 0 Å². The summed E-state index contributed by atoms with van der Waals surface area (Å²) in [5.74, 6) is 0.469. The first-order chi connectivity index (χ1) is 14.6. The van der Waals surface area contributed by atoms with Gasteiger partial charge in [-0.25, -0.2) is 0 Å². The molecule has 1 unspecified atom stereocenters. The molecule has 4 heteroatoms. The molecule has 32 heavy (non-hydrogen) atoms. The number of halogens is 2. The topological polar surface area (TPSA) is 9.23 Å². The van der Waals surface area contributed by atoms with E-state index in [-0.39, 0.29) is 30.9 Å². The number of hydrogen-bond acceptors (Lipinski definition) is 1. The van der Waals surface area contributed by atoms with Gasteiger partial charge in [0.2, 0.25) is 0 Å². The Kier molecular flexibility index (Phi) is 10.0. The third-order valence-electron chi connectivity index (χ3n) is 6.35. The fraction of sp³-hybridized carbons (Fsp3) is 0.214. The van der Waals surface area contributed by atoms with Gasteiger partial charge in [-0.2, -0.15) is 0 Å². The molecule has 0 spiro atoms. The van der Waals surface area contributed by atoms with Crippen LogP contribution in [0.3, 0.4) is 0 Å². The molecule has 0 heterocycles. The minimum absolute atomic E-state index is 0. The van der Waals surface area contributed by atoms with E-state index in [2.05, 4.69) is 113 Å². The van der Waals surface area contributed by atoms with Gasteiger partial charge in [-0.1, -0.05) is 0 Å². The monoisotopic (exact) mass is 498 g/mol. The second-order valence-electron chi connectivity index (χ2n) is 8.04. The van der Waals surface area contributed by atoms with E-state index in [0.29, 0.717) is 5.92 Å². The maximum Gasteiger partial charge on any atom is -1.00 e. The fourth-order valence-corrected chi connectivity index (χ4v) is 5.89. The summed E-state index contributed by atoms with van der Waals surface area (Å²) in [5, 5.41) is 0.